The number of carbonyl (C=O) groups excluding carboxylic acids is 1. The number of carboxylic acid groups (broad SMARTS) is 1. The predicted molar refractivity (Wildman–Crippen MR) is 113 cm³/mol. The number of hydrogen-bond acceptors (Lipinski definition) is 5. The second-order valence-corrected chi connectivity index (χ2v) is 9.50. The Hall–Kier alpha value is -2.27. The Kier molecular flexibility index (Phi) is 8.19. The van der Waals surface area contributed by atoms with Gasteiger partial charge in [-0.25, -0.2) is 22.9 Å². The van der Waals surface area contributed by atoms with Crippen LogP contribution >= 0.6 is 23.1 Å². The highest BCUT2D eigenvalue weighted by Gasteiger charge is 2.26. The number of urea groups is 1. The second-order valence-electron chi connectivity index (χ2n) is 7.19. The number of carbonyl (C=O) groups is 2. The minimum atomic E-state index is -1.25. The summed E-state index contributed by atoms with van der Waals surface area (Å²) in [5.41, 5.74) is 0.00844. The third-order valence-corrected chi connectivity index (χ3v) is 7.12. The van der Waals surface area contributed by atoms with Crippen molar-refractivity contribution in [1.29, 1.82) is 0 Å². The zero-order chi connectivity index (χ0) is 22.4. The summed E-state index contributed by atoms with van der Waals surface area (Å²) in [4.78, 5) is 29.4. The molecule has 1 aromatic carbocycles. The van der Waals surface area contributed by atoms with Crippen LogP contribution in [0.5, 0.6) is 0 Å². The van der Waals surface area contributed by atoms with E-state index in [1.807, 2.05) is 0 Å². The first-order valence-electron chi connectivity index (χ1n) is 9.85. The van der Waals surface area contributed by atoms with E-state index >= 15 is 0 Å². The lowest BCUT2D eigenvalue weighted by Gasteiger charge is -2.34. The monoisotopic (exact) mass is 473 g/mol. The standard InChI is InChI=1S/C20H22F3N3O3S2/c21-14-9-16(23)15(22)8-12(14)6-7-26(13-4-2-1-3-5-13)20(29)25-19-24-10-18(31-19)30-11-17(27)28/h8-10,13H,1-7,11H2,(H,27,28)(H,24,25,29). The summed E-state index contributed by atoms with van der Waals surface area (Å²) in [6, 6.07) is 0.901. The molecule has 1 heterocycles. The number of anilines is 1. The quantitative estimate of drug-likeness (QED) is 0.410. The third kappa shape index (κ3) is 6.60. The average molecular weight is 474 g/mol. The SMILES string of the molecule is O=C(O)CSc1cnc(NC(=O)N(CCc2cc(F)c(F)cc2F)C2CCCCC2)s1. The van der Waals surface area contributed by atoms with Crippen LogP contribution in [0.3, 0.4) is 0 Å². The Morgan fingerprint density at radius 1 is 1.16 bits per heavy atom. The van der Waals surface area contributed by atoms with Crippen molar-refractivity contribution in [2.24, 2.45) is 0 Å². The summed E-state index contributed by atoms with van der Waals surface area (Å²) < 4.78 is 41.4. The van der Waals surface area contributed by atoms with Crippen molar-refractivity contribution < 1.29 is 27.9 Å². The van der Waals surface area contributed by atoms with Gasteiger partial charge in [-0.2, -0.15) is 0 Å². The van der Waals surface area contributed by atoms with Crippen molar-refractivity contribution in [2.75, 3.05) is 17.6 Å². The lowest BCUT2D eigenvalue weighted by Crippen LogP contribution is -2.45. The molecule has 2 aromatic rings. The van der Waals surface area contributed by atoms with E-state index in [1.54, 1.807) is 4.90 Å². The van der Waals surface area contributed by atoms with E-state index in [0.717, 1.165) is 49.9 Å². The molecule has 168 valence electrons. The lowest BCUT2D eigenvalue weighted by atomic mass is 9.94. The maximum Gasteiger partial charge on any atom is 0.323 e. The maximum atomic E-state index is 14.0. The Labute approximate surface area is 185 Å². The summed E-state index contributed by atoms with van der Waals surface area (Å²) in [7, 11) is 0. The molecule has 0 aliphatic heterocycles. The summed E-state index contributed by atoms with van der Waals surface area (Å²) >= 11 is 2.27. The molecule has 1 fully saturated rings. The lowest BCUT2D eigenvalue weighted by molar-refractivity contribution is -0.133. The minimum Gasteiger partial charge on any atom is -0.481 e. The van der Waals surface area contributed by atoms with Crippen molar-refractivity contribution >= 4 is 40.2 Å². The summed E-state index contributed by atoms with van der Waals surface area (Å²) in [5, 5.41) is 11.8. The zero-order valence-electron chi connectivity index (χ0n) is 16.6. The fourth-order valence-electron chi connectivity index (χ4n) is 3.52. The molecule has 2 N–H and O–H groups in total. The van der Waals surface area contributed by atoms with E-state index in [-0.39, 0.29) is 30.3 Å². The molecule has 0 unspecified atom stereocenters. The molecule has 6 nitrogen and oxygen atoms in total. The van der Waals surface area contributed by atoms with Gasteiger partial charge in [-0.1, -0.05) is 30.6 Å². The fourth-order valence-corrected chi connectivity index (χ4v) is 5.10. The molecule has 0 atom stereocenters. The molecule has 1 aliphatic carbocycles. The number of amides is 2. The van der Waals surface area contributed by atoms with Crippen LogP contribution in [0.1, 0.15) is 37.7 Å². The van der Waals surface area contributed by atoms with Gasteiger partial charge in [-0.05, 0) is 30.9 Å². The van der Waals surface area contributed by atoms with Crippen molar-refractivity contribution in [3.05, 3.63) is 41.3 Å². The predicted octanol–water partition coefficient (Wildman–Crippen LogP) is 5.15. The fraction of sp³-hybridized carbons (Fsp3) is 0.450. The highest BCUT2D eigenvalue weighted by Crippen LogP contribution is 2.29. The van der Waals surface area contributed by atoms with Gasteiger partial charge in [-0.15, -0.1) is 11.8 Å². The molecular weight excluding hydrogens is 451 g/mol. The van der Waals surface area contributed by atoms with E-state index < -0.39 is 29.5 Å². The van der Waals surface area contributed by atoms with E-state index in [1.165, 1.54) is 17.5 Å². The van der Waals surface area contributed by atoms with Gasteiger partial charge >= 0.3 is 12.0 Å². The number of nitrogens with one attached hydrogen (secondary N) is 1. The van der Waals surface area contributed by atoms with Gasteiger partial charge in [0.25, 0.3) is 0 Å². The molecule has 2 amide bonds. The van der Waals surface area contributed by atoms with Crippen LogP contribution in [0.25, 0.3) is 0 Å². The number of halogens is 3. The Bertz CT molecular complexity index is 936. The van der Waals surface area contributed by atoms with Crippen LogP contribution < -0.4 is 5.32 Å². The number of aromatic nitrogens is 1. The van der Waals surface area contributed by atoms with Gasteiger partial charge in [0.1, 0.15) is 5.82 Å². The van der Waals surface area contributed by atoms with E-state index in [2.05, 4.69) is 10.3 Å². The van der Waals surface area contributed by atoms with Gasteiger partial charge < -0.3 is 10.0 Å². The molecule has 0 saturated heterocycles. The van der Waals surface area contributed by atoms with Crippen molar-refractivity contribution in [3.8, 4) is 0 Å². The number of thioether (sulfide) groups is 1. The largest absolute Gasteiger partial charge is 0.481 e. The van der Waals surface area contributed by atoms with Crippen LogP contribution in [0, 0.1) is 17.5 Å². The second kappa shape index (κ2) is 10.9. The van der Waals surface area contributed by atoms with E-state index in [0.29, 0.717) is 15.4 Å². The van der Waals surface area contributed by atoms with Crippen molar-refractivity contribution in [2.45, 2.75) is 48.8 Å². The molecule has 0 spiro atoms. The van der Waals surface area contributed by atoms with Crippen molar-refractivity contribution in [1.82, 2.24) is 9.88 Å². The molecule has 31 heavy (non-hydrogen) atoms. The van der Waals surface area contributed by atoms with Gasteiger partial charge in [0.2, 0.25) is 0 Å². The van der Waals surface area contributed by atoms with Gasteiger partial charge in [0.05, 0.1) is 16.2 Å². The Morgan fingerprint density at radius 3 is 2.58 bits per heavy atom. The molecule has 0 radical (unpaired) electrons. The van der Waals surface area contributed by atoms with Crippen LogP contribution in [0.4, 0.5) is 23.1 Å². The maximum absolute atomic E-state index is 14.0. The summed E-state index contributed by atoms with van der Waals surface area (Å²) in [5.74, 6) is -4.27. The first kappa shape index (κ1) is 23.4. The molecule has 1 aromatic heterocycles. The third-order valence-electron chi connectivity index (χ3n) is 5.02. The first-order valence-corrected chi connectivity index (χ1v) is 11.6. The van der Waals surface area contributed by atoms with Crippen LogP contribution in [-0.4, -0.2) is 45.3 Å². The van der Waals surface area contributed by atoms with Crippen LogP contribution in [0.2, 0.25) is 0 Å². The van der Waals surface area contributed by atoms with Gasteiger partial charge in [-0.3, -0.25) is 10.1 Å². The molecule has 1 saturated carbocycles. The zero-order valence-corrected chi connectivity index (χ0v) is 18.2. The highest BCUT2D eigenvalue weighted by molar-refractivity contribution is 8.01. The molecule has 11 heteroatoms. The number of benzene rings is 1. The Balaban J connectivity index is 1.69. The average Bonchev–Trinajstić information content (AvgIpc) is 3.18. The first-order chi connectivity index (χ1) is 14.8. The number of rotatable bonds is 8. The topological polar surface area (TPSA) is 82.5 Å². The number of thiazole rings is 1. The van der Waals surface area contributed by atoms with Crippen LogP contribution in [0.15, 0.2) is 22.5 Å². The van der Waals surface area contributed by atoms with E-state index in [4.69, 9.17) is 5.11 Å². The summed E-state index contributed by atoms with van der Waals surface area (Å²) in [6.45, 7) is 0.143. The molecule has 3 rings (SSSR count). The number of nitrogens with zero attached hydrogens (tertiary/aromatic N) is 2. The highest BCUT2D eigenvalue weighted by atomic mass is 32.2. The smallest absolute Gasteiger partial charge is 0.323 e. The normalized spacial score (nSPS) is 14.4. The molecule has 1 aliphatic rings. The number of hydrogen-bond donors (Lipinski definition) is 2. The minimum absolute atomic E-state index is 0.00844. The van der Waals surface area contributed by atoms with E-state index in [9.17, 15) is 22.8 Å². The van der Waals surface area contributed by atoms with Crippen LogP contribution in [-0.2, 0) is 11.2 Å². The number of aliphatic carboxylic acids is 1. The molecule has 0 bridgehead atoms. The Morgan fingerprint density at radius 2 is 1.87 bits per heavy atom. The molecular formula is C20H22F3N3O3S2. The van der Waals surface area contributed by atoms with Crippen molar-refractivity contribution in [3.63, 3.8) is 0 Å². The van der Waals surface area contributed by atoms with Gasteiger partial charge in [0.15, 0.2) is 16.8 Å². The summed E-state index contributed by atoms with van der Waals surface area (Å²) in [6.07, 6.45) is 6.19. The van der Waals surface area contributed by atoms with Gasteiger partial charge in [0, 0.05) is 18.7 Å². The number of carboxylic acids is 1.